The van der Waals surface area contributed by atoms with Gasteiger partial charge in [0.15, 0.2) is 5.43 Å². The fourth-order valence-corrected chi connectivity index (χ4v) is 3.30. The number of aromatic nitrogens is 3. The summed E-state index contributed by atoms with van der Waals surface area (Å²) in [5.41, 5.74) is 0.370. The third kappa shape index (κ3) is 3.43. The number of hydrogen-bond donors (Lipinski definition) is 1. The summed E-state index contributed by atoms with van der Waals surface area (Å²) in [5.74, 6) is -0.672. The van der Waals surface area contributed by atoms with Crippen LogP contribution in [0.25, 0.3) is 10.9 Å². The van der Waals surface area contributed by atoms with Crippen molar-refractivity contribution in [2.75, 3.05) is 5.32 Å². The molecule has 130 valence electrons. The van der Waals surface area contributed by atoms with Crippen LogP contribution in [0.3, 0.4) is 0 Å². The normalized spacial score (nSPS) is 11.2. The molecule has 6 nitrogen and oxygen atoms in total. The molecule has 3 aromatic rings. The van der Waals surface area contributed by atoms with Gasteiger partial charge >= 0.3 is 0 Å². The van der Waals surface area contributed by atoms with Crippen LogP contribution in [0.5, 0.6) is 0 Å². The summed E-state index contributed by atoms with van der Waals surface area (Å²) >= 11 is 1.31. The van der Waals surface area contributed by atoms with Crippen molar-refractivity contribution in [2.45, 2.75) is 33.2 Å². The number of pyridine rings is 1. The van der Waals surface area contributed by atoms with Crippen LogP contribution in [0.15, 0.2) is 29.1 Å². The highest BCUT2D eigenvalue weighted by Crippen LogP contribution is 2.22. The molecular formula is C17H17FN4O2S. The summed E-state index contributed by atoms with van der Waals surface area (Å²) < 4.78 is 15.8. The second-order valence-electron chi connectivity index (χ2n) is 6.02. The van der Waals surface area contributed by atoms with Crippen molar-refractivity contribution in [3.8, 4) is 0 Å². The van der Waals surface area contributed by atoms with Crippen molar-refractivity contribution in [1.82, 2.24) is 14.8 Å². The molecule has 8 heteroatoms. The van der Waals surface area contributed by atoms with Gasteiger partial charge in [0.05, 0.1) is 5.52 Å². The highest BCUT2D eigenvalue weighted by atomic mass is 32.1. The van der Waals surface area contributed by atoms with Gasteiger partial charge in [0.1, 0.15) is 17.4 Å². The van der Waals surface area contributed by atoms with Gasteiger partial charge in [-0.2, -0.15) is 0 Å². The number of nitrogens with one attached hydrogen (secondary N) is 1. The van der Waals surface area contributed by atoms with Crippen molar-refractivity contribution >= 4 is 33.3 Å². The zero-order chi connectivity index (χ0) is 18.1. The molecule has 0 atom stereocenters. The van der Waals surface area contributed by atoms with E-state index in [1.807, 2.05) is 13.8 Å². The van der Waals surface area contributed by atoms with Crippen molar-refractivity contribution in [1.29, 1.82) is 0 Å². The van der Waals surface area contributed by atoms with Crippen molar-refractivity contribution in [2.24, 2.45) is 0 Å². The molecule has 2 aromatic heterocycles. The molecule has 1 aromatic carbocycles. The van der Waals surface area contributed by atoms with Crippen LogP contribution in [0.1, 0.15) is 30.5 Å². The number of carbonyl (C=O) groups excluding carboxylic acids is 1. The quantitative estimate of drug-likeness (QED) is 0.776. The van der Waals surface area contributed by atoms with Gasteiger partial charge in [-0.15, -0.1) is 10.2 Å². The molecule has 0 radical (unpaired) electrons. The van der Waals surface area contributed by atoms with Crippen molar-refractivity contribution < 1.29 is 9.18 Å². The predicted molar refractivity (Wildman–Crippen MR) is 95.5 cm³/mol. The van der Waals surface area contributed by atoms with Crippen LogP contribution >= 0.6 is 11.3 Å². The lowest BCUT2D eigenvalue weighted by molar-refractivity contribution is -0.116. The smallest absolute Gasteiger partial charge is 0.246 e. The van der Waals surface area contributed by atoms with Crippen LogP contribution in [0.2, 0.25) is 0 Å². The molecule has 0 saturated heterocycles. The highest BCUT2D eigenvalue weighted by molar-refractivity contribution is 7.15. The summed E-state index contributed by atoms with van der Waals surface area (Å²) in [6, 6.07) is 5.70. The predicted octanol–water partition coefficient (Wildman–Crippen LogP) is 3.06. The number of halogens is 1. The Morgan fingerprint density at radius 2 is 2.12 bits per heavy atom. The first-order valence-corrected chi connectivity index (χ1v) is 8.60. The van der Waals surface area contributed by atoms with E-state index in [1.54, 1.807) is 13.0 Å². The summed E-state index contributed by atoms with van der Waals surface area (Å²) in [7, 11) is 0. The molecule has 0 fully saturated rings. The lowest BCUT2D eigenvalue weighted by Gasteiger charge is -2.14. The summed E-state index contributed by atoms with van der Waals surface area (Å²) in [5, 5.41) is 12.1. The van der Waals surface area contributed by atoms with Crippen LogP contribution in [-0.2, 0) is 11.3 Å². The number of hydrogen-bond acceptors (Lipinski definition) is 5. The molecule has 3 rings (SSSR count). The van der Waals surface area contributed by atoms with E-state index < -0.39 is 5.82 Å². The third-order valence-electron chi connectivity index (χ3n) is 3.77. The zero-order valence-corrected chi connectivity index (χ0v) is 14.9. The Hall–Kier alpha value is -2.61. The lowest BCUT2D eigenvalue weighted by atomic mass is 10.1. The maximum atomic E-state index is 14.3. The minimum absolute atomic E-state index is 0.125. The minimum Gasteiger partial charge on any atom is -0.333 e. The molecule has 1 N–H and O–H groups in total. The van der Waals surface area contributed by atoms with E-state index in [2.05, 4.69) is 15.5 Å². The van der Waals surface area contributed by atoms with Gasteiger partial charge in [-0.05, 0) is 19.1 Å². The van der Waals surface area contributed by atoms with E-state index in [0.29, 0.717) is 10.8 Å². The lowest BCUT2D eigenvalue weighted by Crippen LogP contribution is -2.22. The van der Waals surface area contributed by atoms with Crippen LogP contribution in [0, 0.1) is 12.7 Å². The van der Waals surface area contributed by atoms with Crippen LogP contribution < -0.4 is 10.7 Å². The highest BCUT2D eigenvalue weighted by Gasteiger charge is 2.15. The minimum atomic E-state index is -0.538. The Balaban J connectivity index is 1.92. The molecule has 0 saturated carbocycles. The molecule has 0 aliphatic carbocycles. The van der Waals surface area contributed by atoms with Gasteiger partial charge in [-0.3, -0.25) is 14.9 Å². The van der Waals surface area contributed by atoms with Crippen LogP contribution in [0.4, 0.5) is 9.52 Å². The zero-order valence-electron chi connectivity index (χ0n) is 14.0. The van der Waals surface area contributed by atoms with Crippen LogP contribution in [-0.4, -0.2) is 20.7 Å². The maximum absolute atomic E-state index is 14.3. The molecular weight excluding hydrogens is 343 g/mol. The average Bonchev–Trinajstić information content (AvgIpc) is 3.00. The Kier molecular flexibility index (Phi) is 4.63. The Labute approximate surface area is 147 Å². The van der Waals surface area contributed by atoms with Gasteiger partial charge < -0.3 is 4.57 Å². The molecule has 25 heavy (non-hydrogen) atoms. The molecule has 0 bridgehead atoms. The van der Waals surface area contributed by atoms with E-state index in [0.717, 1.165) is 5.01 Å². The summed E-state index contributed by atoms with van der Waals surface area (Å²) in [6.07, 6.45) is 0. The number of carbonyl (C=O) groups is 1. The number of anilines is 1. The number of para-hydroxylation sites is 1. The van der Waals surface area contributed by atoms with E-state index in [1.165, 1.54) is 34.1 Å². The fourth-order valence-electron chi connectivity index (χ4n) is 2.53. The Bertz CT molecular complexity index is 1010. The monoisotopic (exact) mass is 360 g/mol. The molecule has 0 aliphatic heterocycles. The van der Waals surface area contributed by atoms with Gasteiger partial charge in [-0.25, -0.2) is 4.39 Å². The SMILES string of the molecule is Cc1cc(=O)c2cccc(F)c2n1CC(=O)Nc1nnc(C(C)C)s1. The Morgan fingerprint density at radius 3 is 2.80 bits per heavy atom. The number of rotatable bonds is 4. The number of benzene rings is 1. The first kappa shape index (κ1) is 17.2. The molecule has 0 unspecified atom stereocenters. The molecule has 1 amide bonds. The second-order valence-corrected chi connectivity index (χ2v) is 7.03. The summed E-state index contributed by atoms with van der Waals surface area (Å²) in [6.45, 7) is 5.53. The van der Waals surface area contributed by atoms with Gasteiger partial charge in [0.25, 0.3) is 0 Å². The number of fused-ring (bicyclic) bond motifs is 1. The number of nitrogens with zero attached hydrogens (tertiary/aromatic N) is 3. The largest absolute Gasteiger partial charge is 0.333 e. The number of amides is 1. The molecule has 0 spiro atoms. The van der Waals surface area contributed by atoms with Gasteiger partial charge in [-0.1, -0.05) is 31.3 Å². The standard InChI is InChI=1S/C17H17FN4O2S/c1-9(2)16-20-21-17(25-16)19-14(24)8-22-10(3)7-13(23)11-5-4-6-12(18)15(11)22/h4-7,9H,8H2,1-3H3,(H,19,21,24). The summed E-state index contributed by atoms with van der Waals surface area (Å²) in [4.78, 5) is 24.4. The number of aryl methyl sites for hydroxylation is 1. The Morgan fingerprint density at radius 1 is 1.36 bits per heavy atom. The van der Waals surface area contributed by atoms with E-state index in [-0.39, 0.29) is 34.7 Å². The topological polar surface area (TPSA) is 76.9 Å². The first-order valence-electron chi connectivity index (χ1n) is 7.78. The van der Waals surface area contributed by atoms with Gasteiger partial charge in [0, 0.05) is 23.1 Å². The molecule has 2 heterocycles. The molecule has 0 aliphatic rings. The van der Waals surface area contributed by atoms with E-state index in [9.17, 15) is 14.0 Å². The average molecular weight is 360 g/mol. The third-order valence-corrected chi connectivity index (χ3v) is 4.91. The fraction of sp³-hybridized carbons (Fsp3) is 0.294. The first-order chi connectivity index (χ1) is 11.9. The van der Waals surface area contributed by atoms with Crippen molar-refractivity contribution in [3.63, 3.8) is 0 Å². The van der Waals surface area contributed by atoms with E-state index >= 15 is 0 Å². The van der Waals surface area contributed by atoms with Gasteiger partial charge in [0.2, 0.25) is 11.0 Å². The second kappa shape index (κ2) is 6.72. The van der Waals surface area contributed by atoms with Crippen molar-refractivity contribution in [3.05, 3.63) is 51.0 Å². The maximum Gasteiger partial charge on any atom is 0.246 e. The van der Waals surface area contributed by atoms with E-state index in [4.69, 9.17) is 0 Å².